The second-order valence-corrected chi connectivity index (χ2v) is 9.41. The summed E-state index contributed by atoms with van der Waals surface area (Å²) < 4.78 is 52.6. The summed E-state index contributed by atoms with van der Waals surface area (Å²) in [7, 11) is 0. The Balaban J connectivity index is 0.00000126. The van der Waals surface area contributed by atoms with Crippen LogP contribution < -0.4 is 4.98 Å². The first-order valence-corrected chi connectivity index (χ1v) is 12.3. The summed E-state index contributed by atoms with van der Waals surface area (Å²) in [5.74, 6) is 0. The van der Waals surface area contributed by atoms with E-state index in [9.17, 15) is 13.2 Å². The fourth-order valence-electron chi connectivity index (χ4n) is 3.99. The van der Waals surface area contributed by atoms with Crippen LogP contribution in [0.25, 0.3) is 0 Å². The van der Waals surface area contributed by atoms with Gasteiger partial charge in [-0.25, -0.2) is 8.39 Å². The van der Waals surface area contributed by atoms with Crippen LogP contribution in [0, 0.1) is 49.0 Å². The maximum Gasteiger partial charge on any atom is 3.00 e. The standard InChI is InChI=1S/C26H30N3.CHF3O3S.CH3.Fe/c1-15-11-17(3)25(18(4)12-15)27-21(7)23-9-10-24(29-23)22(8)28-26-19(5)13-16(2)14-20(26)6;2-1(3,4)7-8(5)6;;/h9-14H,1-8H3;(H,5,6);1H3;/q-1;;-1;+3/p-1. The molecule has 0 aliphatic heterocycles. The van der Waals surface area contributed by atoms with Crippen LogP contribution in [0.5, 0.6) is 0 Å². The molecule has 0 spiro atoms. The third-order valence-electron chi connectivity index (χ3n) is 5.37. The zero-order valence-corrected chi connectivity index (χ0v) is 25.3. The normalized spacial score (nSPS) is 12.6. The number of hydrogen-bond donors (Lipinski definition) is 0. The Morgan fingerprint density at radius 3 is 1.33 bits per heavy atom. The summed E-state index contributed by atoms with van der Waals surface area (Å²) in [5.41, 5.74) is 13.0. The van der Waals surface area contributed by atoms with E-state index in [1.54, 1.807) is 0 Å². The number of aromatic nitrogens is 1. The minimum Gasteiger partial charge on any atom is -0.750 e. The van der Waals surface area contributed by atoms with Gasteiger partial charge in [0.2, 0.25) is 0 Å². The van der Waals surface area contributed by atoms with Gasteiger partial charge in [-0.3, -0.25) is 9.98 Å². The average molecular weight is 604 g/mol. The molecule has 213 valence electrons. The minimum absolute atomic E-state index is 0. The van der Waals surface area contributed by atoms with Gasteiger partial charge in [-0.15, -0.1) is 24.6 Å². The van der Waals surface area contributed by atoms with E-state index in [2.05, 4.69) is 70.0 Å². The van der Waals surface area contributed by atoms with Gasteiger partial charge in [-0.05, 0) is 77.6 Å². The Bertz CT molecular complexity index is 1230. The van der Waals surface area contributed by atoms with Crippen molar-refractivity contribution in [3.05, 3.63) is 88.6 Å². The molecule has 39 heavy (non-hydrogen) atoms. The smallest absolute Gasteiger partial charge is 0.750 e. The Morgan fingerprint density at radius 1 is 0.795 bits per heavy atom. The van der Waals surface area contributed by atoms with Crippen LogP contribution in [0.2, 0.25) is 0 Å². The number of nitrogens with zero attached hydrogens (tertiary/aromatic N) is 3. The Labute approximate surface area is 242 Å². The van der Waals surface area contributed by atoms with Crippen LogP contribution in [0.3, 0.4) is 0 Å². The molecule has 2 aromatic carbocycles. The zero-order valence-electron chi connectivity index (χ0n) is 23.4. The SMILES string of the molecule is CC(=Nc1c(C)cc(C)cc1C)c1ccc(C(C)=Nc2c(C)cc(C)cc2C)[n-]1.O=S([O-])OC(F)(F)F.[CH3-].[Fe+3]. The molecule has 1 aromatic heterocycles. The number of benzene rings is 2. The number of aliphatic imine (C=N–C) groups is 2. The van der Waals surface area contributed by atoms with Gasteiger partial charge in [0.1, 0.15) is 0 Å². The van der Waals surface area contributed by atoms with Gasteiger partial charge in [0.25, 0.3) is 0 Å². The zero-order chi connectivity index (χ0) is 28.1. The molecule has 1 radical (unpaired) electrons. The Kier molecular flexibility index (Phi) is 14.3. The third-order valence-corrected chi connectivity index (χ3v) is 5.70. The molecule has 6 nitrogen and oxygen atoms in total. The first-order valence-electron chi connectivity index (χ1n) is 11.3. The van der Waals surface area contributed by atoms with Crippen molar-refractivity contribution in [1.82, 2.24) is 4.98 Å². The van der Waals surface area contributed by atoms with Crippen molar-refractivity contribution in [2.45, 2.75) is 61.8 Å². The molecule has 0 aliphatic rings. The first kappa shape index (κ1) is 36.4. The maximum absolute atomic E-state index is 10.7. The molecule has 0 saturated carbocycles. The topological polar surface area (TPSA) is 88.2 Å². The molecule has 1 heterocycles. The van der Waals surface area contributed by atoms with Gasteiger partial charge >= 0.3 is 23.4 Å². The first-order chi connectivity index (χ1) is 17.1. The fraction of sp³-hybridized carbons (Fsp3) is 0.321. The van der Waals surface area contributed by atoms with Crippen molar-refractivity contribution in [2.75, 3.05) is 0 Å². The largest absolute Gasteiger partial charge is 3.00 e. The number of alkyl halides is 3. The molecule has 0 bridgehead atoms. The summed E-state index contributed by atoms with van der Waals surface area (Å²) in [6.07, 6.45) is -5.09. The van der Waals surface area contributed by atoms with Gasteiger partial charge in [0.15, 0.2) is 0 Å². The van der Waals surface area contributed by atoms with Gasteiger partial charge in [0.05, 0.1) is 22.7 Å². The number of halogens is 3. The van der Waals surface area contributed by atoms with Crippen LogP contribution in [0.4, 0.5) is 24.5 Å². The van der Waals surface area contributed by atoms with Crippen molar-refractivity contribution < 1.29 is 43.2 Å². The van der Waals surface area contributed by atoms with Gasteiger partial charge in [-0.1, -0.05) is 47.5 Å². The van der Waals surface area contributed by atoms with Gasteiger partial charge < -0.3 is 17.0 Å². The second-order valence-electron chi connectivity index (χ2n) is 8.84. The molecule has 0 amide bonds. The van der Waals surface area contributed by atoms with Crippen LogP contribution in [0.1, 0.15) is 58.6 Å². The van der Waals surface area contributed by atoms with Crippen molar-refractivity contribution >= 4 is 34.2 Å². The molecule has 1 unspecified atom stereocenters. The molecule has 0 saturated heterocycles. The molecule has 3 aromatic rings. The average Bonchev–Trinajstić information content (AvgIpc) is 3.22. The second kappa shape index (κ2) is 15.3. The van der Waals surface area contributed by atoms with Crippen molar-refractivity contribution in [3.8, 4) is 0 Å². The summed E-state index contributed by atoms with van der Waals surface area (Å²) in [6.45, 7) is 16.7. The molecular formula is C28H33F3FeN3O3S. The molecule has 0 aliphatic carbocycles. The molecule has 3 rings (SSSR count). The van der Waals surface area contributed by atoms with Crippen molar-refractivity contribution in [2.24, 2.45) is 9.98 Å². The summed E-state index contributed by atoms with van der Waals surface area (Å²) in [6, 6.07) is 12.7. The van der Waals surface area contributed by atoms with E-state index in [0.717, 1.165) is 34.2 Å². The van der Waals surface area contributed by atoms with Crippen LogP contribution >= 0.6 is 0 Å². The Hall–Kier alpha value is -2.56. The predicted molar refractivity (Wildman–Crippen MR) is 147 cm³/mol. The molecule has 0 fully saturated rings. The van der Waals surface area contributed by atoms with Crippen LogP contribution in [-0.2, 0) is 32.6 Å². The van der Waals surface area contributed by atoms with E-state index in [1.807, 2.05) is 26.0 Å². The summed E-state index contributed by atoms with van der Waals surface area (Å²) in [5, 5.41) is 0. The summed E-state index contributed by atoms with van der Waals surface area (Å²) >= 11 is -3.51. The summed E-state index contributed by atoms with van der Waals surface area (Å²) in [4.78, 5) is 14.6. The van der Waals surface area contributed by atoms with Crippen LogP contribution in [-0.4, -0.2) is 26.5 Å². The van der Waals surface area contributed by atoms with Gasteiger partial charge in [-0.2, -0.15) is 0 Å². The maximum atomic E-state index is 10.7. The molecule has 11 heteroatoms. The quantitative estimate of drug-likeness (QED) is 0.130. The Morgan fingerprint density at radius 2 is 1.10 bits per heavy atom. The minimum atomic E-state index is -5.09. The van der Waals surface area contributed by atoms with Gasteiger partial charge in [0, 0.05) is 11.4 Å². The number of aryl methyl sites for hydroxylation is 6. The van der Waals surface area contributed by atoms with E-state index in [0.29, 0.717) is 0 Å². The third kappa shape index (κ3) is 11.2. The number of hydrogen-bond acceptors (Lipinski definition) is 5. The van der Waals surface area contributed by atoms with E-state index in [4.69, 9.17) is 23.7 Å². The number of rotatable bonds is 5. The monoisotopic (exact) mass is 604 g/mol. The van der Waals surface area contributed by atoms with Crippen LogP contribution in [0.15, 0.2) is 46.4 Å². The fourth-order valence-corrected chi connectivity index (χ4v) is 4.14. The predicted octanol–water partition coefficient (Wildman–Crippen LogP) is 7.54. The van der Waals surface area contributed by atoms with E-state index in [1.165, 1.54) is 33.4 Å². The molecular weight excluding hydrogens is 571 g/mol. The van der Waals surface area contributed by atoms with Crippen molar-refractivity contribution in [3.63, 3.8) is 0 Å². The van der Waals surface area contributed by atoms with E-state index in [-0.39, 0.29) is 24.5 Å². The van der Waals surface area contributed by atoms with E-state index < -0.39 is 17.7 Å². The van der Waals surface area contributed by atoms with Crippen molar-refractivity contribution in [1.29, 1.82) is 0 Å². The molecule has 0 N–H and O–H groups in total. The molecule has 1 atom stereocenters. The van der Waals surface area contributed by atoms with E-state index >= 15 is 0 Å².